The van der Waals surface area contributed by atoms with E-state index < -0.39 is 5.97 Å². The van der Waals surface area contributed by atoms with E-state index in [4.69, 9.17) is 21.6 Å². The summed E-state index contributed by atoms with van der Waals surface area (Å²) in [5.41, 5.74) is 1.35. The van der Waals surface area contributed by atoms with Crippen LogP contribution in [0.2, 0.25) is 5.02 Å². The molecule has 28 heavy (non-hydrogen) atoms. The molecule has 0 aliphatic carbocycles. The number of benzene rings is 2. The molecule has 0 aliphatic rings. The van der Waals surface area contributed by atoms with Gasteiger partial charge in [-0.05, 0) is 59.8 Å². The second-order valence-electron chi connectivity index (χ2n) is 5.39. The van der Waals surface area contributed by atoms with E-state index in [2.05, 4.69) is 15.2 Å². The number of thioether (sulfide) groups is 1. The number of nitrogens with one attached hydrogen (secondary N) is 1. The van der Waals surface area contributed by atoms with E-state index in [-0.39, 0.29) is 16.7 Å². The summed E-state index contributed by atoms with van der Waals surface area (Å²) in [5.74, 6) is -0.407. The van der Waals surface area contributed by atoms with Gasteiger partial charge in [-0.25, -0.2) is 4.98 Å². The average molecular weight is 412 g/mol. The summed E-state index contributed by atoms with van der Waals surface area (Å²) in [6, 6.07) is 15.6. The van der Waals surface area contributed by atoms with E-state index in [0.29, 0.717) is 22.2 Å². The predicted molar refractivity (Wildman–Crippen MR) is 103 cm³/mol. The molecule has 0 saturated carbocycles. The van der Waals surface area contributed by atoms with Gasteiger partial charge in [0.2, 0.25) is 5.16 Å². The number of aliphatic carboxylic acids is 1. The van der Waals surface area contributed by atoms with E-state index >= 15 is 0 Å². The van der Waals surface area contributed by atoms with Crippen LogP contribution >= 0.6 is 23.4 Å². The monoisotopic (exact) mass is 411 g/mol. The number of aromatic nitrogens is 3. The molecule has 140 valence electrons. The van der Waals surface area contributed by atoms with Gasteiger partial charge >= 0.3 is 0 Å². The lowest BCUT2D eigenvalue weighted by Crippen LogP contribution is -2.23. The van der Waals surface area contributed by atoms with Crippen LogP contribution in [0.25, 0.3) is 17.5 Å². The molecule has 0 amide bonds. The van der Waals surface area contributed by atoms with Gasteiger partial charge in [-0.15, -0.1) is 5.10 Å². The standard InChI is InChI=1S/C19H13ClN4O3S/c20-14-6-4-13(5-7-14)17-22-19(24-23-17)28-16(18(25)26)11-12-2-1-3-15(10-12)27-9-8-21/h1-7,10-11H,9H2,(H,25,26)(H,22,23,24)/p-1/b16-11-. The third-order valence-corrected chi connectivity index (χ3v) is 4.57. The summed E-state index contributed by atoms with van der Waals surface area (Å²) in [6.45, 7) is -0.0973. The number of H-pyrrole nitrogens is 1. The average Bonchev–Trinajstić information content (AvgIpc) is 3.15. The fourth-order valence-corrected chi connectivity index (χ4v) is 3.05. The lowest BCUT2D eigenvalue weighted by atomic mass is 10.2. The molecule has 1 aromatic heterocycles. The maximum atomic E-state index is 11.5. The van der Waals surface area contributed by atoms with Crippen molar-refractivity contribution in [3.63, 3.8) is 0 Å². The zero-order valence-corrected chi connectivity index (χ0v) is 15.8. The van der Waals surface area contributed by atoms with Crippen LogP contribution in [0.15, 0.2) is 58.6 Å². The minimum atomic E-state index is -1.36. The Kier molecular flexibility index (Phi) is 6.32. The second-order valence-corrected chi connectivity index (χ2v) is 6.84. The molecule has 2 aromatic carbocycles. The van der Waals surface area contributed by atoms with Gasteiger partial charge in [0.25, 0.3) is 0 Å². The summed E-state index contributed by atoms with van der Waals surface area (Å²) < 4.78 is 5.22. The van der Waals surface area contributed by atoms with Gasteiger partial charge in [0.1, 0.15) is 11.8 Å². The molecule has 0 atom stereocenters. The maximum absolute atomic E-state index is 11.5. The SMILES string of the molecule is N#CCOc1cccc(/C=C(\Sc2n[nH]c(-c3ccc(Cl)cc3)n2)C(=O)[O-])c1. The molecule has 9 heteroatoms. The van der Waals surface area contributed by atoms with Gasteiger partial charge in [-0.3, -0.25) is 5.10 Å². The Morgan fingerprint density at radius 3 is 2.82 bits per heavy atom. The largest absolute Gasteiger partial charge is 0.544 e. The highest BCUT2D eigenvalue weighted by molar-refractivity contribution is 8.04. The van der Waals surface area contributed by atoms with Crippen LogP contribution in [0, 0.1) is 11.3 Å². The minimum Gasteiger partial charge on any atom is -0.544 e. The van der Waals surface area contributed by atoms with E-state index in [1.54, 1.807) is 48.5 Å². The van der Waals surface area contributed by atoms with Crippen LogP contribution in [0.4, 0.5) is 0 Å². The number of carboxylic acid groups (broad SMARTS) is 1. The van der Waals surface area contributed by atoms with Crippen molar-refractivity contribution in [2.24, 2.45) is 0 Å². The molecule has 1 heterocycles. The number of rotatable bonds is 7. The Morgan fingerprint density at radius 2 is 2.11 bits per heavy atom. The van der Waals surface area contributed by atoms with Crippen LogP contribution < -0.4 is 9.84 Å². The number of ether oxygens (including phenoxy) is 1. The van der Waals surface area contributed by atoms with Gasteiger partial charge in [-0.2, -0.15) is 5.26 Å². The van der Waals surface area contributed by atoms with Crippen molar-refractivity contribution < 1.29 is 14.6 Å². The van der Waals surface area contributed by atoms with Crippen LogP contribution in [0.3, 0.4) is 0 Å². The molecule has 3 aromatic rings. The zero-order chi connectivity index (χ0) is 19.9. The molecule has 0 bridgehead atoms. The molecule has 7 nitrogen and oxygen atoms in total. The van der Waals surface area contributed by atoms with Gasteiger partial charge < -0.3 is 14.6 Å². The lowest BCUT2D eigenvalue weighted by molar-refractivity contribution is -0.297. The first kappa shape index (κ1) is 19.5. The first-order chi connectivity index (χ1) is 13.5. The number of hydrogen-bond donors (Lipinski definition) is 1. The fraction of sp³-hybridized carbons (Fsp3) is 0.0526. The first-order valence-corrected chi connectivity index (χ1v) is 9.13. The van der Waals surface area contributed by atoms with Crippen molar-refractivity contribution in [1.82, 2.24) is 15.2 Å². The molecular formula is C19H12ClN4O3S-. The fourth-order valence-electron chi connectivity index (χ4n) is 2.22. The van der Waals surface area contributed by atoms with Crippen molar-refractivity contribution in [2.75, 3.05) is 6.61 Å². The predicted octanol–water partition coefficient (Wildman–Crippen LogP) is 2.91. The van der Waals surface area contributed by atoms with Crippen molar-refractivity contribution in [1.29, 1.82) is 5.26 Å². The van der Waals surface area contributed by atoms with Crippen molar-refractivity contribution in [3.05, 3.63) is 64.0 Å². The Balaban J connectivity index is 1.80. The molecule has 0 aliphatic heterocycles. The second kappa shape index (κ2) is 9.08. The Bertz CT molecular complexity index is 1060. The smallest absolute Gasteiger partial charge is 0.213 e. The van der Waals surface area contributed by atoms with E-state index in [1.807, 2.05) is 6.07 Å². The van der Waals surface area contributed by atoms with Crippen molar-refractivity contribution in [3.8, 4) is 23.2 Å². The summed E-state index contributed by atoms with van der Waals surface area (Å²) in [7, 11) is 0. The van der Waals surface area contributed by atoms with E-state index in [1.165, 1.54) is 6.08 Å². The number of halogens is 1. The molecule has 3 rings (SSSR count). The first-order valence-electron chi connectivity index (χ1n) is 7.94. The van der Waals surface area contributed by atoms with Crippen LogP contribution in [-0.4, -0.2) is 27.8 Å². The van der Waals surface area contributed by atoms with Gasteiger partial charge in [0, 0.05) is 15.5 Å². The summed E-state index contributed by atoms with van der Waals surface area (Å²) in [5, 5.41) is 27.7. The Labute approximate surface area is 169 Å². The molecule has 0 unspecified atom stereocenters. The highest BCUT2D eigenvalue weighted by atomic mass is 35.5. The number of carboxylic acids is 1. The van der Waals surface area contributed by atoms with Gasteiger partial charge in [0.15, 0.2) is 12.4 Å². The topological polar surface area (TPSA) is 115 Å². The van der Waals surface area contributed by atoms with Crippen LogP contribution in [0.1, 0.15) is 5.56 Å². The number of hydrogen-bond acceptors (Lipinski definition) is 7. The van der Waals surface area contributed by atoms with Gasteiger partial charge in [-0.1, -0.05) is 23.7 Å². The molecule has 0 saturated heterocycles. The highest BCUT2D eigenvalue weighted by Crippen LogP contribution is 2.28. The highest BCUT2D eigenvalue weighted by Gasteiger charge is 2.10. The van der Waals surface area contributed by atoms with Crippen molar-refractivity contribution >= 4 is 35.4 Å². The molecule has 0 radical (unpaired) electrons. The molecule has 0 fully saturated rings. The number of carbonyl (C=O) groups excluding carboxylic acids is 1. The summed E-state index contributed by atoms with van der Waals surface area (Å²) in [4.78, 5) is 15.7. The minimum absolute atomic E-state index is 0.0703. The third kappa shape index (κ3) is 5.13. The molecule has 0 spiro atoms. The number of nitrogens with zero attached hydrogens (tertiary/aromatic N) is 3. The zero-order valence-electron chi connectivity index (χ0n) is 14.3. The van der Waals surface area contributed by atoms with E-state index in [9.17, 15) is 9.90 Å². The summed E-state index contributed by atoms with van der Waals surface area (Å²) in [6.07, 6.45) is 1.43. The van der Waals surface area contributed by atoms with Crippen LogP contribution in [-0.2, 0) is 4.79 Å². The third-order valence-electron chi connectivity index (χ3n) is 3.44. The number of nitriles is 1. The molecular weight excluding hydrogens is 400 g/mol. The molecule has 1 N–H and O–H groups in total. The number of carbonyl (C=O) groups is 1. The maximum Gasteiger partial charge on any atom is 0.213 e. The quantitative estimate of drug-likeness (QED) is 0.469. The summed E-state index contributed by atoms with van der Waals surface area (Å²) >= 11 is 6.73. The Hall–Kier alpha value is -3.28. The van der Waals surface area contributed by atoms with Gasteiger partial charge in [0.05, 0.1) is 5.97 Å². The lowest BCUT2D eigenvalue weighted by Gasteiger charge is -2.07. The van der Waals surface area contributed by atoms with E-state index in [0.717, 1.165) is 17.3 Å². The Morgan fingerprint density at radius 1 is 1.32 bits per heavy atom. The normalized spacial score (nSPS) is 11.1. The number of aromatic amines is 1. The van der Waals surface area contributed by atoms with Crippen molar-refractivity contribution in [2.45, 2.75) is 5.16 Å². The van der Waals surface area contributed by atoms with Crippen LogP contribution in [0.5, 0.6) is 5.75 Å².